The fourth-order valence-electron chi connectivity index (χ4n) is 6.64. The average Bonchev–Trinajstić information content (AvgIpc) is 3.62. The van der Waals surface area contributed by atoms with Crippen LogP contribution >= 0.6 is 0 Å². The lowest BCUT2D eigenvalue weighted by Gasteiger charge is -2.11. The summed E-state index contributed by atoms with van der Waals surface area (Å²) in [5.74, 6) is 0. The van der Waals surface area contributed by atoms with E-state index in [1.165, 1.54) is 32.7 Å². The molecule has 0 saturated carbocycles. The second-order valence-corrected chi connectivity index (χ2v) is 11.1. The molecule has 0 unspecified atom stereocenters. The van der Waals surface area contributed by atoms with E-state index in [2.05, 4.69) is 160 Å². The summed E-state index contributed by atoms with van der Waals surface area (Å²) in [7, 11) is 0. The molecular weight excluding hydrogens is 536 g/mol. The van der Waals surface area contributed by atoms with Crippen molar-refractivity contribution < 1.29 is 0 Å². The quantitative estimate of drug-likeness (QED) is 0.214. The summed E-state index contributed by atoms with van der Waals surface area (Å²) >= 11 is 0. The zero-order valence-corrected chi connectivity index (χ0v) is 23.8. The monoisotopic (exact) mass is 562 g/mol. The van der Waals surface area contributed by atoms with Crippen molar-refractivity contribution in [3.8, 4) is 33.9 Å². The average molecular weight is 563 g/mol. The SMILES string of the molecule is c1cc(-c2cccc(-c3ccc(-n4c5ccccc5c5cnccc54)cc3)n2)cc(-n2c3ccccc3c3ccccc32)c1. The summed E-state index contributed by atoms with van der Waals surface area (Å²) in [6.07, 6.45) is 3.81. The van der Waals surface area contributed by atoms with Gasteiger partial charge in [0.2, 0.25) is 0 Å². The van der Waals surface area contributed by atoms with Crippen LogP contribution in [0.3, 0.4) is 0 Å². The Balaban J connectivity index is 1.11. The zero-order chi connectivity index (χ0) is 29.0. The van der Waals surface area contributed by atoms with Gasteiger partial charge >= 0.3 is 0 Å². The fourth-order valence-corrected chi connectivity index (χ4v) is 6.64. The standard InChI is InChI=1S/C40H26N4/c1-4-16-37-31(11-1)32-12-2-5-17-38(32)44(37)30-10-7-9-28(25-30)36-15-8-14-35(42-36)27-19-21-29(22-20-27)43-39-18-6-3-13-33(39)34-26-41-24-23-40(34)43/h1-26H. The molecule has 0 spiro atoms. The van der Waals surface area contributed by atoms with Crippen molar-refractivity contribution in [1.82, 2.24) is 19.1 Å². The molecule has 9 rings (SSSR count). The summed E-state index contributed by atoms with van der Waals surface area (Å²) in [5.41, 5.74) is 11.0. The number of fused-ring (bicyclic) bond motifs is 6. The van der Waals surface area contributed by atoms with Crippen molar-refractivity contribution in [3.63, 3.8) is 0 Å². The third kappa shape index (κ3) is 3.78. The van der Waals surface area contributed by atoms with E-state index >= 15 is 0 Å². The molecule has 0 radical (unpaired) electrons. The van der Waals surface area contributed by atoms with Gasteiger partial charge in [-0.05, 0) is 60.7 Å². The second kappa shape index (κ2) is 9.79. The highest BCUT2D eigenvalue weighted by atomic mass is 15.0. The van der Waals surface area contributed by atoms with Gasteiger partial charge in [0.25, 0.3) is 0 Å². The third-order valence-electron chi connectivity index (χ3n) is 8.62. The number of benzene rings is 5. The molecule has 0 aliphatic rings. The minimum Gasteiger partial charge on any atom is -0.309 e. The molecule has 5 aromatic carbocycles. The van der Waals surface area contributed by atoms with E-state index in [1.807, 2.05) is 12.4 Å². The highest BCUT2D eigenvalue weighted by Crippen LogP contribution is 2.34. The highest BCUT2D eigenvalue weighted by Gasteiger charge is 2.14. The fraction of sp³-hybridized carbons (Fsp3) is 0. The van der Waals surface area contributed by atoms with Crippen LogP contribution in [0.5, 0.6) is 0 Å². The first-order valence-corrected chi connectivity index (χ1v) is 14.8. The zero-order valence-electron chi connectivity index (χ0n) is 23.8. The molecule has 9 aromatic rings. The van der Waals surface area contributed by atoms with Crippen LogP contribution in [0, 0.1) is 0 Å². The van der Waals surface area contributed by atoms with E-state index in [0.717, 1.165) is 44.8 Å². The number of hydrogen-bond donors (Lipinski definition) is 0. The molecule has 4 heterocycles. The predicted molar refractivity (Wildman–Crippen MR) is 182 cm³/mol. The maximum atomic E-state index is 5.13. The van der Waals surface area contributed by atoms with Gasteiger partial charge in [0.15, 0.2) is 0 Å². The second-order valence-electron chi connectivity index (χ2n) is 11.1. The predicted octanol–water partition coefficient (Wildman–Crippen LogP) is 10.0. The lowest BCUT2D eigenvalue weighted by atomic mass is 10.1. The minimum atomic E-state index is 0.947. The normalized spacial score (nSPS) is 11.6. The van der Waals surface area contributed by atoms with Crippen LogP contribution in [-0.4, -0.2) is 19.1 Å². The van der Waals surface area contributed by atoms with Crippen LogP contribution in [-0.2, 0) is 0 Å². The van der Waals surface area contributed by atoms with Gasteiger partial charge in [-0.25, -0.2) is 4.98 Å². The van der Waals surface area contributed by atoms with Crippen molar-refractivity contribution in [1.29, 1.82) is 0 Å². The van der Waals surface area contributed by atoms with Gasteiger partial charge in [-0.15, -0.1) is 0 Å². The molecule has 0 amide bonds. The van der Waals surface area contributed by atoms with Gasteiger partial charge in [-0.2, -0.15) is 0 Å². The van der Waals surface area contributed by atoms with Gasteiger partial charge in [-0.1, -0.05) is 84.9 Å². The first-order chi connectivity index (χ1) is 21.8. The van der Waals surface area contributed by atoms with Crippen molar-refractivity contribution in [2.75, 3.05) is 0 Å². The number of hydrogen-bond acceptors (Lipinski definition) is 2. The van der Waals surface area contributed by atoms with E-state index in [-0.39, 0.29) is 0 Å². The number of aromatic nitrogens is 4. The number of pyridine rings is 2. The Bertz CT molecular complexity index is 2390. The molecule has 0 aliphatic carbocycles. The Morgan fingerprint density at radius 2 is 0.932 bits per heavy atom. The Morgan fingerprint density at radius 3 is 1.61 bits per heavy atom. The first-order valence-electron chi connectivity index (χ1n) is 14.8. The van der Waals surface area contributed by atoms with Gasteiger partial charge in [0, 0.05) is 56.4 Å². The van der Waals surface area contributed by atoms with Gasteiger partial charge in [0.05, 0.1) is 33.5 Å². The van der Waals surface area contributed by atoms with Crippen molar-refractivity contribution in [2.45, 2.75) is 0 Å². The van der Waals surface area contributed by atoms with Crippen LogP contribution in [0.15, 0.2) is 158 Å². The molecule has 0 aliphatic heterocycles. The summed E-state index contributed by atoms with van der Waals surface area (Å²) in [5, 5.41) is 4.88. The summed E-state index contributed by atoms with van der Waals surface area (Å²) in [6, 6.07) is 51.5. The largest absolute Gasteiger partial charge is 0.309 e. The summed E-state index contributed by atoms with van der Waals surface area (Å²) in [4.78, 5) is 9.51. The first kappa shape index (κ1) is 24.6. The Hall–Kier alpha value is -6.00. The van der Waals surface area contributed by atoms with Crippen LogP contribution in [0.4, 0.5) is 0 Å². The van der Waals surface area contributed by atoms with E-state index in [0.29, 0.717) is 0 Å². The van der Waals surface area contributed by atoms with E-state index < -0.39 is 0 Å². The molecule has 4 heteroatoms. The maximum absolute atomic E-state index is 5.13. The van der Waals surface area contributed by atoms with E-state index in [4.69, 9.17) is 4.98 Å². The smallest absolute Gasteiger partial charge is 0.0710 e. The van der Waals surface area contributed by atoms with Crippen molar-refractivity contribution >= 4 is 43.6 Å². The van der Waals surface area contributed by atoms with Gasteiger partial charge in [-0.3, -0.25) is 4.98 Å². The van der Waals surface area contributed by atoms with Crippen molar-refractivity contribution in [2.24, 2.45) is 0 Å². The highest BCUT2D eigenvalue weighted by molar-refractivity contribution is 6.10. The molecule has 4 nitrogen and oxygen atoms in total. The lowest BCUT2D eigenvalue weighted by Crippen LogP contribution is -1.95. The molecule has 44 heavy (non-hydrogen) atoms. The molecule has 0 saturated heterocycles. The maximum Gasteiger partial charge on any atom is 0.0710 e. The molecule has 0 atom stereocenters. The van der Waals surface area contributed by atoms with E-state index in [9.17, 15) is 0 Å². The molecule has 206 valence electrons. The van der Waals surface area contributed by atoms with Crippen LogP contribution < -0.4 is 0 Å². The molecule has 4 aromatic heterocycles. The Labute approximate surface area is 254 Å². The van der Waals surface area contributed by atoms with Crippen LogP contribution in [0.1, 0.15) is 0 Å². The van der Waals surface area contributed by atoms with Gasteiger partial charge < -0.3 is 9.13 Å². The number of nitrogens with zero attached hydrogens (tertiary/aromatic N) is 4. The third-order valence-corrected chi connectivity index (χ3v) is 8.62. The van der Waals surface area contributed by atoms with Crippen LogP contribution in [0.25, 0.3) is 77.5 Å². The Morgan fingerprint density at radius 1 is 0.386 bits per heavy atom. The number of para-hydroxylation sites is 3. The number of rotatable bonds is 4. The Kier molecular flexibility index (Phi) is 5.47. The topological polar surface area (TPSA) is 35.6 Å². The van der Waals surface area contributed by atoms with Crippen LogP contribution in [0.2, 0.25) is 0 Å². The van der Waals surface area contributed by atoms with Gasteiger partial charge in [0.1, 0.15) is 0 Å². The minimum absolute atomic E-state index is 0.947. The molecular formula is C40H26N4. The van der Waals surface area contributed by atoms with Crippen molar-refractivity contribution in [3.05, 3.63) is 158 Å². The summed E-state index contributed by atoms with van der Waals surface area (Å²) < 4.78 is 4.65. The van der Waals surface area contributed by atoms with E-state index in [1.54, 1.807) is 0 Å². The molecule has 0 bridgehead atoms. The summed E-state index contributed by atoms with van der Waals surface area (Å²) in [6.45, 7) is 0. The molecule has 0 N–H and O–H groups in total. The lowest BCUT2D eigenvalue weighted by molar-refractivity contribution is 1.17. The molecule has 0 fully saturated rings.